The van der Waals surface area contributed by atoms with Crippen LogP contribution in [-0.2, 0) is 27.2 Å². The average molecular weight is 512 g/mol. The Balaban J connectivity index is 0.00000512. The SMILES string of the molecule is C[N+](C)(C)CCOP(=O)([O-])OP(=O)(O)OC[C@H]1O[C@@H](n2ccc(=O)[nH]c2=O)[C@H](O)[C@@H]1O.[Na]. The van der Waals surface area contributed by atoms with Crippen molar-refractivity contribution in [1.82, 2.24) is 9.55 Å². The Morgan fingerprint density at radius 1 is 1.22 bits per heavy atom. The molecule has 4 N–H and O–H groups in total. The maximum atomic E-state index is 11.9. The van der Waals surface area contributed by atoms with Crippen LogP contribution in [0.15, 0.2) is 21.9 Å². The summed E-state index contributed by atoms with van der Waals surface area (Å²) in [6.07, 6.45) is -5.21. The molecule has 1 fully saturated rings. The van der Waals surface area contributed by atoms with E-state index in [0.717, 1.165) is 16.8 Å². The number of phosphoric acid groups is 2. The van der Waals surface area contributed by atoms with E-state index in [4.69, 9.17) is 4.74 Å². The van der Waals surface area contributed by atoms with Crippen LogP contribution >= 0.6 is 15.6 Å². The van der Waals surface area contributed by atoms with Gasteiger partial charge in [-0.2, -0.15) is 0 Å². The van der Waals surface area contributed by atoms with Crippen LogP contribution in [-0.4, -0.2) is 118 Å². The minimum absolute atomic E-state index is 0. The number of phosphoric ester groups is 2. The molecule has 1 aliphatic rings. The molecule has 179 valence electrons. The Hall–Kier alpha value is -0.220. The molecular weight excluding hydrogens is 487 g/mol. The summed E-state index contributed by atoms with van der Waals surface area (Å²) in [4.78, 5) is 46.3. The van der Waals surface area contributed by atoms with Gasteiger partial charge in [0.1, 0.15) is 31.5 Å². The first-order valence-corrected chi connectivity index (χ1v) is 11.8. The minimum Gasteiger partial charge on any atom is -0.756 e. The summed E-state index contributed by atoms with van der Waals surface area (Å²) in [5, 5.41) is 20.2. The quantitative estimate of drug-likeness (QED) is 0.141. The van der Waals surface area contributed by atoms with E-state index in [-0.39, 0.29) is 42.7 Å². The molecule has 1 aromatic rings. The number of H-pyrrole nitrogens is 1. The molecule has 15 nitrogen and oxygen atoms in total. The summed E-state index contributed by atoms with van der Waals surface area (Å²) < 4.78 is 43.2. The molecule has 0 spiro atoms. The van der Waals surface area contributed by atoms with Crippen LogP contribution in [0.1, 0.15) is 6.23 Å². The molecule has 1 aliphatic heterocycles. The third kappa shape index (κ3) is 8.85. The first-order chi connectivity index (χ1) is 14.1. The van der Waals surface area contributed by atoms with Gasteiger partial charge in [-0.3, -0.25) is 23.4 Å². The van der Waals surface area contributed by atoms with Gasteiger partial charge in [0.15, 0.2) is 6.23 Å². The van der Waals surface area contributed by atoms with Crippen molar-refractivity contribution in [3.05, 3.63) is 33.1 Å². The van der Waals surface area contributed by atoms with E-state index in [1.807, 2.05) is 4.98 Å². The summed E-state index contributed by atoms with van der Waals surface area (Å²) in [6.45, 7) is -0.923. The van der Waals surface area contributed by atoms with Crippen LogP contribution in [0.3, 0.4) is 0 Å². The van der Waals surface area contributed by atoms with Crippen molar-refractivity contribution < 1.29 is 51.7 Å². The predicted octanol–water partition coefficient (Wildman–Crippen LogP) is -2.90. The zero-order valence-corrected chi connectivity index (χ0v) is 21.7. The van der Waals surface area contributed by atoms with Gasteiger partial charge in [-0.25, -0.2) is 13.7 Å². The van der Waals surface area contributed by atoms with Gasteiger partial charge in [0.2, 0.25) is 0 Å². The number of aliphatic hydroxyl groups excluding tert-OH is 2. The molecule has 18 heteroatoms. The van der Waals surface area contributed by atoms with Crippen LogP contribution in [0.5, 0.6) is 0 Å². The monoisotopic (exact) mass is 512 g/mol. The van der Waals surface area contributed by atoms with Crippen molar-refractivity contribution in [3.63, 3.8) is 0 Å². The van der Waals surface area contributed by atoms with Crippen molar-refractivity contribution in [3.8, 4) is 0 Å². The Labute approximate surface area is 204 Å². The molecule has 2 heterocycles. The second kappa shape index (κ2) is 11.5. The maximum absolute atomic E-state index is 11.9. The fraction of sp³-hybridized carbons (Fsp3) is 0.714. The molecule has 1 saturated heterocycles. The van der Waals surface area contributed by atoms with Crippen molar-refractivity contribution >= 4 is 45.2 Å². The van der Waals surface area contributed by atoms with E-state index in [1.165, 1.54) is 0 Å². The number of hydrogen-bond donors (Lipinski definition) is 4. The van der Waals surface area contributed by atoms with Gasteiger partial charge in [0.25, 0.3) is 13.4 Å². The summed E-state index contributed by atoms with van der Waals surface area (Å²) in [5.74, 6) is 0. The smallest absolute Gasteiger partial charge is 0.478 e. The second-order valence-electron chi connectivity index (χ2n) is 7.70. The number of rotatable bonds is 10. The van der Waals surface area contributed by atoms with Crippen molar-refractivity contribution in [2.75, 3.05) is 40.9 Å². The second-order valence-corrected chi connectivity index (χ2v) is 10.7. The number of hydrogen-bond acceptors (Lipinski definition) is 11. The third-order valence-corrected chi connectivity index (χ3v) is 6.68. The van der Waals surface area contributed by atoms with Gasteiger partial charge < -0.3 is 33.7 Å². The van der Waals surface area contributed by atoms with E-state index >= 15 is 0 Å². The molecule has 0 aromatic carbocycles. The summed E-state index contributed by atoms with van der Waals surface area (Å²) in [7, 11) is -5.07. The average Bonchev–Trinajstić information content (AvgIpc) is 2.86. The third-order valence-electron chi connectivity index (χ3n) is 4.08. The molecular formula is C14H25N3NaO12P2. The largest absolute Gasteiger partial charge is 0.756 e. The number of aliphatic hydroxyl groups is 2. The normalized spacial score (nSPS) is 27.3. The van der Waals surface area contributed by atoms with Crippen molar-refractivity contribution in [2.24, 2.45) is 0 Å². The predicted molar refractivity (Wildman–Crippen MR) is 106 cm³/mol. The number of quaternary nitrogens is 1. The minimum atomic E-state index is -5.20. The van der Waals surface area contributed by atoms with Gasteiger partial charge in [0.05, 0.1) is 27.7 Å². The number of nitrogens with zero attached hydrogens (tertiary/aromatic N) is 2. The molecule has 6 atom stereocenters. The zero-order valence-electron chi connectivity index (χ0n) is 17.9. The molecule has 2 rings (SSSR count). The molecule has 0 saturated carbocycles. The molecule has 1 aromatic heterocycles. The number of aromatic amines is 1. The van der Waals surface area contributed by atoms with E-state index in [1.54, 1.807) is 21.1 Å². The topological polar surface area (TPSA) is 210 Å². The summed E-state index contributed by atoms with van der Waals surface area (Å²) >= 11 is 0. The number of nitrogens with one attached hydrogen (secondary N) is 1. The number of likely N-dealkylation sites (N-methyl/N-ethyl adjacent to an activating group) is 1. The van der Waals surface area contributed by atoms with E-state index < -0.39 is 58.0 Å². The molecule has 2 unspecified atom stereocenters. The van der Waals surface area contributed by atoms with Crippen LogP contribution in [0.25, 0.3) is 0 Å². The van der Waals surface area contributed by atoms with E-state index in [0.29, 0.717) is 4.48 Å². The molecule has 32 heavy (non-hydrogen) atoms. The van der Waals surface area contributed by atoms with Gasteiger partial charge in [-0.05, 0) is 0 Å². The molecule has 0 bridgehead atoms. The van der Waals surface area contributed by atoms with E-state index in [2.05, 4.69) is 13.4 Å². The molecule has 0 amide bonds. The summed E-state index contributed by atoms with van der Waals surface area (Å²) in [6, 6.07) is 0.980. The Bertz CT molecular complexity index is 979. The van der Waals surface area contributed by atoms with Gasteiger partial charge >= 0.3 is 13.5 Å². The van der Waals surface area contributed by atoms with Crippen LogP contribution in [0.2, 0.25) is 0 Å². The zero-order chi connectivity index (χ0) is 23.6. The Morgan fingerprint density at radius 2 is 1.84 bits per heavy atom. The fourth-order valence-corrected chi connectivity index (χ4v) is 4.52. The van der Waals surface area contributed by atoms with Gasteiger partial charge in [-0.15, -0.1) is 0 Å². The molecule has 1 radical (unpaired) electrons. The molecule has 0 aliphatic carbocycles. The van der Waals surface area contributed by atoms with Gasteiger partial charge in [-0.1, -0.05) is 0 Å². The van der Waals surface area contributed by atoms with Crippen LogP contribution in [0, 0.1) is 0 Å². The maximum Gasteiger partial charge on any atom is 0.478 e. The van der Waals surface area contributed by atoms with Crippen LogP contribution in [0.4, 0.5) is 0 Å². The number of ether oxygens (including phenoxy) is 1. The standard InChI is InChI=1S/C14H25N3O12P2.Na/c1-17(2,3)6-7-26-30(22,23)29-31(24,25)27-8-9-11(19)12(20)13(28-9)16-5-4-10(18)15-14(16)21;/h4-5,9,11-13,19-20H,6-8H2,1-3H3,(H2-,15,18,21,22,23,24,25);/t9-,11-,12-,13-;/m1./s1. The number of aromatic nitrogens is 2. The van der Waals surface area contributed by atoms with Gasteiger partial charge in [0, 0.05) is 41.8 Å². The first-order valence-electron chi connectivity index (χ1n) is 8.88. The Morgan fingerprint density at radius 3 is 2.41 bits per heavy atom. The Kier molecular flexibility index (Phi) is 10.7. The fourth-order valence-electron chi connectivity index (χ4n) is 2.49. The summed E-state index contributed by atoms with van der Waals surface area (Å²) in [5.41, 5.74) is -1.63. The van der Waals surface area contributed by atoms with E-state index in [9.17, 15) is 38.7 Å². The van der Waals surface area contributed by atoms with Crippen LogP contribution < -0.4 is 16.1 Å². The first kappa shape index (κ1) is 29.8. The van der Waals surface area contributed by atoms with Crippen molar-refractivity contribution in [2.45, 2.75) is 24.5 Å². The van der Waals surface area contributed by atoms with Crippen molar-refractivity contribution in [1.29, 1.82) is 0 Å².